The van der Waals surface area contributed by atoms with Gasteiger partial charge in [-0.1, -0.05) is 30.7 Å². The summed E-state index contributed by atoms with van der Waals surface area (Å²) in [6.45, 7) is 4.32. The fraction of sp³-hybridized carbons (Fsp3) is 0.333. The van der Waals surface area contributed by atoms with Crippen molar-refractivity contribution in [3.8, 4) is 5.75 Å². The zero-order valence-corrected chi connectivity index (χ0v) is 16.2. The Labute approximate surface area is 164 Å². The molecule has 2 atom stereocenters. The molecule has 0 fully saturated rings. The van der Waals surface area contributed by atoms with E-state index in [-0.39, 0.29) is 17.9 Å². The highest BCUT2D eigenvalue weighted by atomic mass is 35.5. The maximum Gasteiger partial charge on any atom is 0.261 e. The Balaban J connectivity index is 1.57. The molecule has 1 aliphatic rings. The summed E-state index contributed by atoms with van der Waals surface area (Å²) in [4.78, 5) is 24.7. The van der Waals surface area contributed by atoms with E-state index in [1.165, 1.54) is 0 Å². The standard InChI is InChI=1S/C21H23ClN2O3/c1-3-13(2)24-20(25)15-6-4-5-14(9-15)12-23-21(26)19-11-16-10-17(22)7-8-18(16)27-19/h4-10,13,19H,3,11-12H2,1-2H3,(H,23,26)(H,24,25). The fourth-order valence-corrected chi connectivity index (χ4v) is 3.09. The van der Waals surface area contributed by atoms with E-state index in [0.717, 1.165) is 17.5 Å². The van der Waals surface area contributed by atoms with E-state index in [4.69, 9.17) is 16.3 Å². The van der Waals surface area contributed by atoms with E-state index in [2.05, 4.69) is 10.6 Å². The molecule has 0 saturated carbocycles. The van der Waals surface area contributed by atoms with E-state index in [1.54, 1.807) is 24.3 Å². The lowest BCUT2D eigenvalue weighted by molar-refractivity contribution is -0.127. The minimum atomic E-state index is -0.560. The number of hydrogen-bond donors (Lipinski definition) is 2. The highest BCUT2D eigenvalue weighted by Crippen LogP contribution is 2.31. The van der Waals surface area contributed by atoms with Crippen molar-refractivity contribution in [1.82, 2.24) is 10.6 Å². The van der Waals surface area contributed by atoms with Crippen molar-refractivity contribution in [3.63, 3.8) is 0 Å². The third-order valence-electron chi connectivity index (χ3n) is 4.64. The largest absolute Gasteiger partial charge is 0.480 e. The summed E-state index contributed by atoms with van der Waals surface area (Å²) in [5.74, 6) is 0.407. The molecule has 0 radical (unpaired) electrons. The van der Waals surface area contributed by atoms with Gasteiger partial charge in [-0.3, -0.25) is 9.59 Å². The maximum atomic E-state index is 12.4. The minimum absolute atomic E-state index is 0.107. The molecule has 6 heteroatoms. The molecule has 0 saturated heterocycles. The summed E-state index contributed by atoms with van der Waals surface area (Å²) < 4.78 is 5.70. The van der Waals surface area contributed by atoms with Gasteiger partial charge in [0.1, 0.15) is 5.75 Å². The van der Waals surface area contributed by atoms with Crippen molar-refractivity contribution in [3.05, 3.63) is 64.2 Å². The second kappa shape index (κ2) is 8.44. The van der Waals surface area contributed by atoms with E-state index in [9.17, 15) is 9.59 Å². The van der Waals surface area contributed by atoms with Gasteiger partial charge in [-0.2, -0.15) is 0 Å². The topological polar surface area (TPSA) is 67.4 Å². The van der Waals surface area contributed by atoms with Crippen LogP contribution in [0.3, 0.4) is 0 Å². The van der Waals surface area contributed by atoms with Gasteiger partial charge in [0.25, 0.3) is 11.8 Å². The summed E-state index contributed by atoms with van der Waals surface area (Å²) in [7, 11) is 0. The van der Waals surface area contributed by atoms with Gasteiger partial charge in [0, 0.05) is 29.6 Å². The van der Waals surface area contributed by atoms with Crippen molar-refractivity contribution in [2.24, 2.45) is 0 Å². The molecule has 5 nitrogen and oxygen atoms in total. The van der Waals surface area contributed by atoms with Crippen LogP contribution in [0.1, 0.15) is 41.8 Å². The van der Waals surface area contributed by atoms with Crippen molar-refractivity contribution < 1.29 is 14.3 Å². The summed E-state index contributed by atoms with van der Waals surface area (Å²) in [6.07, 6.45) is 0.811. The molecule has 2 unspecified atom stereocenters. The van der Waals surface area contributed by atoms with Crippen molar-refractivity contribution in [2.75, 3.05) is 0 Å². The molecule has 2 N–H and O–H groups in total. The van der Waals surface area contributed by atoms with Gasteiger partial charge in [0.15, 0.2) is 6.10 Å². The van der Waals surface area contributed by atoms with Crippen LogP contribution in [-0.4, -0.2) is 24.0 Å². The number of carbonyl (C=O) groups excluding carboxylic acids is 2. The fourth-order valence-electron chi connectivity index (χ4n) is 2.90. The van der Waals surface area contributed by atoms with Crippen molar-refractivity contribution in [2.45, 2.75) is 45.4 Å². The van der Waals surface area contributed by atoms with Gasteiger partial charge in [-0.15, -0.1) is 0 Å². The molecule has 2 aromatic carbocycles. The second-order valence-electron chi connectivity index (χ2n) is 6.76. The van der Waals surface area contributed by atoms with Gasteiger partial charge >= 0.3 is 0 Å². The average molecular weight is 387 g/mol. The third-order valence-corrected chi connectivity index (χ3v) is 4.87. The quantitative estimate of drug-likeness (QED) is 0.798. The Kier molecular flexibility index (Phi) is 6.01. The molecule has 0 bridgehead atoms. The van der Waals surface area contributed by atoms with Gasteiger partial charge in [0.05, 0.1) is 0 Å². The Bertz CT molecular complexity index is 853. The maximum absolute atomic E-state index is 12.4. The monoisotopic (exact) mass is 386 g/mol. The lowest BCUT2D eigenvalue weighted by atomic mass is 10.1. The zero-order valence-electron chi connectivity index (χ0n) is 15.4. The molecule has 1 aliphatic heterocycles. The first-order valence-corrected chi connectivity index (χ1v) is 9.46. The van der Waals surface area contributed by atoms with Gasteiger partial charge in [-0.25, -0.2) is 0 Å². The van der Waals surface area contributed by atoms with Crippen LogP contribution in [0.2, 0.25) is 5.02 Å². The Hall–Kier alpha value is -2.53. The third kappa shape index (κ3) is 4.80. The molecule has 0 aliphatic carbocycles. The first-order valence-electron chi connectivity index (χ1n) is 9.09. The van der Waals surface area contributed by atoms with Crippen LogP contribution in [0.25, 0.3) is 0 Å². The number of hydrogen-bond acceptors (Lipinski definition) is 3. The van der Waals surface area contributed by atoms with E-state index >= 15 is 0 Å². The number of rotatable bonds is 6. The first kappa shape index (κ1) is 19.2. The first-order chi connectivity index (χ1) is 13.0. The Morgan fingerprint density at radius 2 is 2.07 bits per heavy atom. The number of carbonyl (C=O) groups is 2. The van der Waals surface area contributed by atoms with E-state index in [0.29, 0.717) is 29.3 Å². The molecule has 0 spiro atoms. The molecule has 1 heterocycles. The normalized spacial score (nSPS) is 16.2. The molecule has 2 aromatic rings. The zero-order chi connectivity index (χ0) is 19.4. The number of fused-ring (bicyclic) bond motifs is 1. The predicted octanol–water partition coefficient (Wildman–Crippen LogP) is 3.49. The number of ether oxygens (including phenoxy) is 1. The summed E-state index contributed by atoms with van der Waals surface area (Å²) >= 11 is 5.98. The number of nitrogens with one attached hydrogen (secondary N) is 2. The van der Waals surface area contributed by atoms with Gasteiger partial charge in [0.2, 0.25) is 0 Å². The van der Waals surface area contributed by atoms with Crippen LogP contribution < -0.4 is 15.4 Å². The van der Waals surface area contributed by atoms with Crippen LogP contribution >= 0.6 is 11.6 Å². The summed E-state index contributed by atoms with van der Waals surface area (Å²) in [6, 6.07) is 12.7. The molecule has 142 valence electrons. The highest BCUT2D eigenvalue weighted by Gasteiger charge is 2.29. The summed E-state index contributed by atoms with van der Waals surface area (Å²) in [5, 5.41) is 6.45. The molecular formula is C21H23ClN2O3. The Morgan fingerprint density at radius 3 is 2.85 bits per heavy atom. The predicted molar refractivity (Wildman–Crippen MR) is 105 cm³/mol. The molecule has 27 heavy (non-hydrogen) atoms. The number of amides is 2. The minimum Gasteiger partial charge on any atom is -0.480 e. The SMILES string of the molecule is CCC(C)NC(=O)c1cccc(CNC(=O)C2Cc3cc(Cl)ccc3O2)c1. The Morgan fingerprint density at radius 1 is 1.26 bits per heavy atom. The van der Waals surface area contributed by atoms with Crippen LogP contribution in [0.15, 0.2) is 42.5 Å². The lowest BCUT2D eigenvalue weighted by Crippen LogP contribution is -2.37. The molecular weight excluding hydrogens is 364 g/mol. The van der Waals surface area contributed by atoms with Crippen LogP contribution in [0, 0.1) is 0 Å². The smallest absolute Gasteiger partial charge is 0.261 e. The number of halogens is 1. The van der Waals surface area contributed by atoms with Crippen LogP contribution in [-0.2, 0) is 17.8 Å². The number of benzene rings is 2. The van der Waals surface area contributed by atoms with Crippen molar-refractivity contribution in [1.29, 1.82) is 0 Å². The van der Waals surface area contributed by atoms with E-state index < -0.39 is 6.10 Å². The summed E-state index contributed by atoms with van der Waals surface area (Å²) in [5.41, 5.74) is 2.38. The molecule has 3 rings (SSSR count). The highest BCUT2D eigenvalue weighted by molar-refractivity contribution is 6.30. The van der Waals surface area contributed by atoms with Gasteiger partial charge in [-0.05, 0) is 54.8 Å². The average Bonchev–Trinajstić information content (AvgIpc) is 3.09. The lowest BCUT2D eigenvalue weighted by Gasteiger charge is -2.13. The van der Waals surface area contributed by atoms with Crippen LogP contribution in [0.4, 0.5) is 0 Å². The molecule has 2 amide bonds. The van der Waals surface area contributed by atoms with E-state index in [1.807, 2.05) is 32.0 Å². The van der Waals surface area contributed by atoms with Gasteiger partial charge < -0.3 is 15.4 Å². The van der Waals surface area contributed by atoms with Crippen molar-refractivity contribution >= 4 is 23.4 Å². The second-order valence-corrected chi connectivity index (χ2v) is 7.20. The van der Waals surface area contributed by atoms with Crippen LogP contribution in [0.5, 0.6) is 5.75 Å². The molecule has 0 aromatic heterocycles.